The van der Waals surface area contributed by atoms with E-state index in [4.69, 9.17) is 11.6 Å². The van der Waals surface area contributed by atoms with Gasteiger partial charge in [-0.05, 0) is 30.2 Å². The van der Waals surface area contributed by atoms with Gasteiger partial charge in [0.15, 0.2) is 0 Å². The lowest BCUT2D eigenvalue weighted by Gasteiger charge is -2.01. The maximum atomic E-state index is 6.02. The lowest BCUT2D eigenvalue weighted by molar-refractivity contribution is 1.40. The van der Waals surface area contributed by atoms with Crippen LogP contribution in [0.3, 0.4) is 0 Å². The summed E-state index contributed by atoms with van der Waals surface area (Å²) in [7, 11) is 0. The van der Waals surface area contributed by atoms with Crippen molar-refractivity contribution in [3.05, 3.63) is 64.7 Å². The van der Waals surface area contributed by atoms with Crippen LogP contribution >= 0.6 is 11.6 Å². The van der Waals surface area contributed by atoms with Crippen molar-refractivity contribution in [2.24, 2.45) is 4.99 Å². The lowest BCUT2D eigenvalue weighted by Crippen LogP contribution is -1.80. The average Bonchev–Trinajstić information content (AvgIpc) is 2.32. The van der Waals surface area contributed by atoms with Crippen LogP contribution in [0.2, 0.25) is 5.02 Å². The second-order valence-corrected chi connectivity index (χ2v) is 3.96. The molecular formula is C14H12ClN. The van der Waals surface area contributed by atoms with Gasteiger partial charge in [0, 0.05) is 11.2 Å². The number of halogens is 1. The molecule has 1 nitrogen and oxygen atoms in total. The molecule has 0 aliphatic carbocycles. The molecular weight excluding hydrogens is 218 g/mol. The third-order valence-corrected chi connectivity index (χ3v) is 2.80. The van der Waals surface area contributed by atoms with Crippen LogP contribution in [0, 0.1) is 6.92 Å². The van der Waals surface area contributed by atoms with Crippen molar-refractivity contribution < 1.29 is 0 Å². The Labute approximate surface area is 100 Å². The fourth-order valence-electron chi connectivity index (χ4n) is 1.42. The van der Waals surface area contributed by atoms with Gasteiger partial charge in [-0.1, -0.05) is 48.0 Å². The van der Waals surface area contributed by atoms with Crippen LogP contribution in [0.1, 0.15) is 11.1 Å². The molecule has 0 N–H and O–H groups in total. The van der Waals surface area contributed by atoms with Gasteiger partial charge < -0.3 is 0 Å². The van der Waals surface area contributed by atoms with E-state index in [2.05, 4.69) is 4.99 Å². The van der Waals surface area contributed by atoms with Gasteiger partial charge in [0.2, 0.25) is 0 Å². The zero-order chi connectivity index (χ0) is 11.4. The normalized spacial score (nSPS) is 10.9. The van der Waals surface area contributed by atoms with E-state index in [1.807, 2.05) is 61.7 Å². The Bertz CT molecular complexity index is 503. The van der Waals surface area contributed by atoms with Gasteiger partial charge >= 0.3 is 0 Å². The van der Waals surface area contributed by atoms with E-state index in [0.717, 1.165) is 21.8 Å². The first-order chi connectivity index (χ1) is 7.77. The summed E-state index contributed by atoms with van der Waals surface area (Å²) in [6.07, 6.45) is 1.85. The molecule has 80 valence electrons. The van der Waals surface area contributed by atoms with Crippen molar-refractivity contribution in [1.82, 2.24) is 0 Å². The third-order valence-electron chi connectivity index (χ3n) is 2.39. The summed E-state index contributed by atoms with van der Waals surface area (Å²) < 4.78 is 0. The quantitative estimate of drug-likeness (QED) is 0.677. The van der Waals surface area contributed by atoms with Gasteiger partial charge in [-0.25, -0.2) is 0 Å². The minimum Gasteiger partial charge on any atom is -0.256 e. The van der Waals surface area contributed by atoms with Crippen LogP contribution in [0.4, 0.5) is 5.69 Å². The molecule has 0 aliphatic heterocycles. The van der Waals surface area contributed by atoms with Crippen molar-refractivity contribution in [2.75, 3.05) is 0 Å². The van der Waals surface area contributed by atoms with Gasteiger partial charge in [-0.2, -0.15) is 0 Å². The predicted molar refractivity (Wildman–Crippen MR) is 69.9 cm³/mol. The minimum atomic E-state index is 0.753. The van der Waals surface area contributed by atoms with E-state index in [-0.39, 0.29) is 0 Å². The Kier molecular flexibility index (Phi) is 3.37. The van der Waals surface area contributed by atoms with Crippen molar-refractivity contribution in [3.63, 3.8) is 0 Å². The standard InChI is InChI=1S/C14H12ClN/c1-11-13(15)8-5-9-14(11)16-10-12-6-3-2-4-7-12/h2-10H,1H3/b16-10+. The highest BCUT2D eigenvalue weighted by Crippen LogP contribution is 2.25. The molecule has 2 heteroatoms. The zero-order valence-electron chi connectivity index (χ0n) is 9.02. The monoisotopic (exact) mass is 229 g/mol. The molecule has 0 bridgehead atoms. The molecule has 0 saturated heterocycles. The van der Waals surface area contributed by atoms with E-state index in [9.17, 15) is 0 Å². The average molecular weight is 230 g/mol. The van der Waals surface area contributed by atoms with Gasteiger partial charge in [-0.3, -0.25) is 4.99 Å². The summed E-state index contributed by atoms with van der Waals surface area (Å²) in [4.78, 5) is 4.43. The highest BCUT2D eigenvalue weighted by atomic mass is 35.5. The van der Waals surface area contributed by atoms with Gasteiger partial charge in [-0.15, -0.1) is 0 Å². The second kappa shape index (κ2) is 4.95. The minimum absolute atomic E-state index is 0.753. The largest absolute Gasteiger partial charge is 0.256 e. The summed E-state index contributed by atoms with van der Waals surface area (Å²) in [5.74, 6) is 0. The summed E-state index contributed by atoms with van der Waals surface area (Å²) in [5.41, 5.74) is 3.01. The zero-order valence-corrected chi connectivity index (χ0v) is 9.78. The number of hydrogen-bond donors (Lipinski definition) is 0. The molecule has 0 heterocycles. The van der Waals surface area contributed by atoms with E-state index in [1.165, 1.54) is 0 Å². The molecule has 0 aromatic heterocycles. The summed E-state index contributed by atoms with van der Waals surface area (Å²) in [6, 6.07) is 15.7. The first-order valence-corrected chi connectivity index (χ1v) is 5.49. The van der Waals surface area contributed by atoms with Crippen LogP contribution < -0.4 is 0 Å². The van der Waals surface area contributed by atoms with Crippen LogP contribution in [0.25, 0.3) is 0 Å². The highest BCUT2D eigenvalue weighted by molar-refractivity contribution is 6.31. The van der Waals surface area contributed by atoms with E-state index < -0.39 is 0 Å². The summed E-state index contributed by atoms with van der Waals surface area (Å²) >= 11 is 6.02. The van der Waals surface area contributed by atoms with Crippen LogP contribution in [-0.2, 0) is 0 Å². The number of nitrogens with zero attached hydrogens (tertiary/aromatic N) is 1. The van der Waals surface area contributed by atoms with Crippen molar-refractivity contribution in [3.8, 4) is 0 Å². The highest BCUT2D eigenvalue weighted by Gasteiger charge is 1.98. The molecule has 2 aromatic carbocycles. The summed E-state index contributed by atoms with van der Waals surface area (Å²) in [5, 5.41) is 0.753. The van der Waals surface area contributed by atoms with Crippen molar-refractivity contribution >= 4 is 23.5 Å². The van der Waals surface area contributed by atoms with E-state index in [1.54, 1.807) is 0 Å². The molecule has 16 heavy (non-hydrogen) atoms. The van der Waals surface area contributed by atoms with Gasteiger partial charge in [0.05, 0.1) is 5.69 Å². The maximum absolute atomic E-state index is 6.02. The predicted octanol–water partition coefficient (Wildman–Crippen LogP) is 4.40. The summed E-state index contributed by atoms with van der Waals surface area (Å²) in [6.45, 7) is 1.97. The Hall–Kier alpha value is -1.60. The van der Waals surface area contributed by atoms with E-state index in [0.29, 0.717) is 0 Å². The van der Waals surface area contributed by atoms with Crippen molar-refractivity contribution in [1.29, 1.82) is 0 Å². The molecule has 0 aliphatic rings. The maximum Gasteiger partial charge on any atom is 0.0673 e. The molecule has 0 spiro atoms. The topological polar surface area (TPSA) is 12.4 Å². The van der Waals surface area contributed by atoms with E-state index >= 15 is 0 Å². The molecule has 0 fully saturated rings. The Morgan fingerprint density at radius 3 is 2.50 bits per heavy atom. The fraction of sp³-hybridized carbons (Fsp3) is 0.0714. The molecule has 0 saturated carbocycles. The van der Waals surface area contributed by atoms with Gasteiger partial charge in [0.1, 0.15) is 0 Å². The first kappa shape index (κ1) is 10.9. The third kappa shape index (κ3) is 2.50. The Morgan fingerprint density at radius 2 is 1.75 bits per heavy atom. The van der Waals surface area contributed by atoms with Crippen molar-refractivity contribution in [2.45, 2.75) is 6.92 Å². The number of rotatable bonds is 2. The van der Waals surface area contributed by atoms with Crippen LogP contribution in [0.5, 0.6) is 0 Å². The molecule has 0 amide bonds. The first-order valence-electron chi connectivity index (χ1n) is 5.11. The molecule has 0 atom stereocenters. The number of aliphatic imine (C=N–C) groups is 1. The molecule has 2 rings (SSSR count). The Morgan fingerprint density at radius 1 is 1.00 bits per heavy atom. The van der Waals surface area contributed by atoms with Crippen LogP contribution in [0.15, 0.2) is 53.5 Å². The molecule has 0 unspecified atom stereocenters. The SMILES string of the molecule is Cc1c(Cl)cccc1/N=C/c1ccccc1. The Balaban J connectivity index is 2.28. The van der Waals surface area contributed by atoms with Crippen LogP contribution in [-0.4, -0.2) is 6.21 Å². The molecule has 2 aromatic rings. The smallest absolute Gasteiger partial charge is 0.0673 e. The van der Waals surface area contributed by atoms with Gasteiger partial charge in [0.25, 0.3) is 0 Å². The fourth-order valence-corrected chi connectivity index (χ4v) is 1.59. The molecule has 0 radical (unpaired) electrons. The number of benzene rings is 2. The second-order valence-electron chi connectivity index (χ2n) is 3.55. The number of hydrogen-bond acceptors (Lipinski definition) is 1. The lowest BCUT2D eigenvalue weighted by atomic mass is 10.2.